The molecule has 0 saturated carbocycles. The summed E-state index contributed by atoms with van der Waals surface area (Å²) in [5.74, 6) is 0.305. The van der Waals surface area contributed by atoms with Gasteiger partial charge in [0.1, 0.15) is 31.8 Å². The summed E-state index contributed by atoms with van der Waals surface area (Å²) in [5.41, 5.74) is 0.688. The number of methoxy groups -OCH3 is 2. The van der Waals surface area contributed by atoms with Crippen LogP contribution in [0.25, 0.3) is 0 Å². The summed E-state index contributed by atoms with van der Waals surface area (Å²) in [4.78, 5) is 25.2. The second-order valence-electron chi connectivity index (χ2n) is 7.03. The zero-order valence-corrected chi connectivity index (χ0v) is 17.7. The molecule has 0 atom stereocenters. The third-order valence-electron chi connectivity index (χ3n) is 4.04. The first-order chi connectivity index (χ1) is 12.7. The number of Topliss-reactive ketones (excluding diaryl/α,β-unsaturated/α-hetero) is 1. The lowest BCUT2D eigenvalue weighted by Crippen LogP contribution is -2.39. The molecule has 2 rings (SSSR count). The van der Waals surface area contributed by atoms with Crippen LogP contribution < -0.4 is 14.8 Å². The van der Waals surface area contributed by atoms with Gasteiger partial charge in [-0.05, 0) is 25.1 Å². The summed E-state index contributed by atoms with van der Waals surface area (Å²) in [6.45, 7) is 8.30. The van der Waals surface area contributed by atoms with Crippen molar-refractivity contribution in [1.82, 2.24) is 9.78 Å². The zero-order valence-electron chi connectivity index (χ0n) is 16.7. The van der Waals surface area contributed by atoms with E-state index in [4.69, 9.17) is 14.2 Å². The normalized spacial score (nSPS) is 11.2. The summed E-state index contributed by atoms with van der Waals surface area (Å²) < 4.78 is 17.0. The molecular weight excluding hydrogens is 364 g/mol. The van der Waals surface area contributed by atoms with Gasteiger partial charge in [0.2, 0.25) is 0 Å². The van der Waals surface area contributed by atoms with E-state index < -0.39 is 14.0 Å². The van der Waals surface area contributed by atoms with Crippen LogP contribution in [0, 0.1) is 0 Å². The van der Waals surface area contributed by atoms with Gasteiger partial charge in [-0.25, -0.2) is 4.79 Å². The molecule has 8 heteroatoms. The average molecular weight is 391 g/mol. The first kappa shape index (κ1) is 20.7. The van der Waals surface area contributed by atoms with Gasteiger partial charge in [-0.1, -0.05) is 19.6 Å². The van der Waals surface area contributed by atoms with Crippen LogP contribution in [0.4, 0.5) is 0 Å². The maximum Gasteiger partial charge on any atom is 0.356 e. The third-order valence-corrected chi connectivity index (χ3v) is 5.82. The van der Waals surface area contributed by atoms with Crippen LogP contribution in [0.3, 0.4) is 0 Å². The maximum absolute atomic E-state index is 12.9. The van der Waals surface area contributed by atoms with E-state index in [-0.39, 0.29) is 24.6 Å². The Kier molecular flexibility index (Phi) is 6.43. The Bertz CT molecular complexity index is 839. The summed E-state index contributed by atoms with van der Waals surface area (Å²) in [6.07, 6.45) is 0. The van der Waals surface area contributed by atoms with Crippen molar-refractivity contribution in [3.05, 3.63) is 35.5 Å². The lowest BCUT2D eigenvalue weighted by Gasteiger charge is -2.12. The maximum atomic E-state index is 12.9. The number of carbonyl (C=O) groups excluding carboxylic acids is 2. The molecule has 0 aliphatic rings. The summed E-state index contributed by atoms with van der Waals surface area (Å²) in [5, 5.41) is 5.38. The standard InChI is InChI=1S/C19H26N2O5Si/c1-7-26-19(23)15-11-18(27(4,5)6)20-21(15)12-16(22)14-9-8-13(24-2)10-17(14)25-3/h8-11H,7,12H2,1-6H3. The Morgan fingerprint density at radius 2 is 1.81 bits per heavy atom. The number of aromatic nitrogens is 2. The topological polar surface area (TPSA) is 79.7 Å². The van der Waals surface area contributed by atoms with Crippen molar-refractivity contribution in [2.75, 3.05) is 20.8 Å². The van der Waals surface area contributed by atoms with Gasteiger partial charge in [0.15, 0.2) is 5.78 Å². The van der Waals surface area contributed by atoms with E-state index >= 15 is 0 Å². The largest absolute Gasteiger partial charge is 0.497 e. The van der Waals surface area contributed by atoms with Gasteiger partial charge in [-0.2, -0.15) is 5.10 Å². The van der Waals surface area contributed by atoms with Crippen LogP contribution in [0.1, 0.15) is 27.8 Å². The number of hydrogen-bond donors (Lipinski definition) is 0. The summed E-state index contributed by atoms with van der Waals surface area (Å²) in [6, 6.07) is 6.73. The van der Waals surface area contributed by atoms with E-state index in [0.29, 0.717) is 17.1 Å². The fourth-order valence-electron chi connectivity index (χ4n) is 2.52. The van der Waals surface area contributed by atoms with E-state index in [9.17, 15) is 9.59 Å². The van der Waals surface area contributed by atoms with Crippen molar-refractivity contribution in [2.45, 2.75) is 33.1 Å². The van der Waals surface area contributed by atoms with Crippen molar-refractivity contribution >= 4 is 25.1 Å². The Morgan fingerprint density at radius 1 is 1.11 bits per heavy atom. The number of ketones is 1. The number of ether oxygens (including phenoxy) is 3. The fourth-order valence-corrected chi connectivity index (χ4v) is 3.51. The van der Waals surface area contributed by atoms with Crippen molar-refractivity contribution in [3.63, 3.8) is 0 Å². The Hall–Kier alpha value is -2.61. The molecule has 1 heterocycles. The minimum absolute atomic E-state index is 0.0820. The number of esters is 1. The van der Waals surface area contributed by atoms with E-state index in [1.54, 1.807) is 38.3 Å². The van der Waals surface area contributed by atoms with Gasteiger partial charge in [-0.15, -0.1) is 0 Å². The van der Waals surface area contributed by atoms with Crippen LogP contribution in [0.15, 0.2) is 24.3 Å². The smallest absolute Gasteiger partial charge is 0.356 e. The molecule has 0 spiro atoms. The number of hydrogen-bond acceptors (Lipinski definition) is 6. The predicted octanol–water partition coefficient (Wildman–Crippen LogP) is 2.51. The highest BCUT2D eigenvalue weighted by atomic mass is 28.3. The number of benzene rings is 1. The van der Waals surface area contributed by atoms with Crippen LogP contribution in [0.2, 0.25) is 19.6 Å². The highest BCUT2D eigenvalue weighted by molar-refractivity contribution is 6.88. The summed E-state index contributed by atoms with van der Waals surface area (Å²) in [7, 11) is 1.27. The van der Waals surface area contributed by atoms with E-state index in [2.05, 4.69) is 24.7 Å². The fraction of sp³-hybridized carbons (Fsp3) is 0.421. The van der Waals surface area contributed by atoms with Crippen LogP contribution >= 0.6 is 0 Å². The number of nitrogens with zero attached hydrogens (tertiary/aromatic N) is 2. The summed E-state index contributed by atoms with van der Waals surface area (Å²) >= 11 is 0. The predicted molar refractivity (Wildman–Crippen MR) is 105 cm³/mol. The number of carbonyl (C=O) groups is 2. The van der Waals surface area contributed by atoms with Crippen molar-refractivity contribution < 1.29 is 23.8 Å². The third kappa shape index (κ3) is 4.76. The molecule has 0 aliphatic heterocycles. The van der Waals surface area contributed by atoms with Gasteiger partial charge < -0.3 is 14.2 Å². The molecule has 0 radical (unpaired) electrons. The Balaban J connectivity index is 2.39. The Labute approximate surface area is 160 Å². The van der Waals surface area contributed by atoms with Crippen molar-refractivity contribution in [1.29, 1.82) is 0 Å². The van der Waals surface area contributed by atoms with E-state index in [1.807, 2.05) is 0 Å². The van der Waals surface area contributed by atoms with Crippen LogP contribution in [0.5, 0.6) is 11.5 Å². The van der Waals surface area contributed by atoms with E-state index in [0.717, 1.165) is 5.32 Å². The molecule has 0 amide bonds. The van der Waals surface area contributed by atoms with Crippen LogP contribution in [-0.4, -0.2) is 50.4 Å². The molecule has 7 nitrogen and oxygen atoms in total. The highest BCUT2D eigenvalue weighted by Gasteiger charge is 2.26. The molecule has 1 aromatic heterocycles. The molecule has 0 aliphatic carbocycles. The number of rotatable bonds is 8. The Morgan fingerprint density at radius 3 is 2.37 bits per heavy atom. The molecule has 0 saturated heterocycles. The van der Waals surface area contributed by atoms with E-state index in [1.165, 1.54) is 11.8 Å². The van der Waals surface area contributed by atoms with Gasteiger partial charge >= 0.3 is 5.97 Å². The monoisotopic (exact) mass is 390 g/mol. The molecule has 27 heavy (non-hydrogen) atoms. The average Bonchev–Trinajstić information content (AvgIpc) is 3.05. The molecule has 0 unspecified atom stereocenters. The quantitative estimate of drug-likeness (QED) is 0.391. The lowest BCUT2D eigenvalue weighted by molar-refractivity contribution is 0.0512. The van der Waals surface area contributed by atoms with Gasteiger partial charge in [0, 0.05) is 11.4 Å². The zero-order chi connectivity index (χ0) is 20.2. The lowest BCUT2D eigenvalue weighted by atomic mass is 10.1. The first-order valence-corrected chi connectivity index (χ1v) is 12.2. The molecule has 0 N–H and O–H groups in total. The molecule has 0 bridgehead atoms. The molecule has 2 aromatic rings. The highest BCUT2D eigenvalue weighted by Crippen LogP contribution is 2.25. The molecular formula is C19H26N2O5Si. The van der Waals surface area contributed by atoms with Crippen molar-refractivity contribution in [2.24, 2.45) is 0 Å². The van der Waals surface area contributed by atoms with Crippen LogP contribution in [-0.2, 0) is 11.3 Å². The van der Waals surface area contributed by atoms with Crippen molar-refractivity contribution in [3.8, 4) is 11.5 Å². The molecule has 1 aromatic carbocycles. The minimum atomic E-state index is -1.77. The second kappa shape index (κ2) is 8.39. The van der Waals surface area contributed by atoms with Gasteiger partial charge in [0.25, 0.3) is 0 Å². The SMILES string of the molecule is CCOC(=O)c1cc([Si](C)(C)C)nn1CC(=O)c1ccc(OC)cc1OC. The minimum Gasteiger partial charge on any atom is -0.497 e. The van der Waals surface area contributed by atoms with Gasteiger partial charge in [0.05, 0.1) is 26.4 Å². The first-order valence-electron chi connectivity index (χ1n) is 8.72. The molecule has 0 fully saturated rings. The molecule has 146 valence electrons. The van der Waals surface area contributed by atoms with Gasteiger partial charge in [-0.3, -0.25) is 9.48 Å². The second-order valence-corrected chi connectivity index (χ2v) is 12.0.